The van der Waals surface area contributed by atoms with Crippen LogP contribution in [0.3, 0.4) is 0 Å². The minimum atomic E-state index is -0.686. The van der Waals surface area contributed by atoms with Crippen LogP contribution in [0.15, 0.2) is 48.5 Å². The lowest BCUT2D eigenvalue weighted by atomic mass is 10.1. The second kappa shape index (κ2) is 6.80. The maximum Gasteiger partial charge on any atom is 0.127 e. The van der Waals surface area contributed by atoms with Crippen molar-refractivity contribution in [2.45, 2.75) is 12.6 Å². The largest absolute Gasteiger partial charge is 0.387 e. The Hall–Kier alpha value is -2.22. The third-order valence-electron chi connectivity index (χ3n) is 3.04. The molecular weight excluding hydrogens is 255 g/mol. The molecule has 0 saturated heterocycles. The van der Waals surface area contributed by atoms with Gasteiger partial charge in [0.15, 0.2) is 0 Å². The van der Waals surface area contributed by atoms with Crippen LogP contribution in [-0.2, 0) is 6.54 Å². The fourth-order valence-electron chi connectivity index (χ4n) is 1.88. The monoisotopic (exact) mass is 270 g/mol. The molecule has 3 nitrogen and oxygen atoms in total. The first-order valence-electron chi connectivity index (χ1n) is 6.33. The van der Waals surface area contributed by atoms with Gasteiger partial charge in [0, 0.05) is 18.7 Å². The highest BCUT2D eigenvalue weighted by molar-refractivity contribution is 5.32. The van der Waals surface area contributed by atoms with E-state index in [1.54, 1.807) is 42.5 Å². The Morgan fingerprint density at radius 3 is 2.50 bits per heavy atom. The fourth-order valence-corrected chi connectivity index (χ4v) is 1.88. The summed E-state index contributed by atoms with van der Waals surface area (Å²) in [6, 6.07) is 15.3. The first kappa shape index (κ1) is 14.2. The number of hydrogen-bond donors (Lipinski definition) is 2. The fraction of sp³-hybridized carbons (Fsp3) is 0.188. The molecule has 20 heavy (non-hydrogen) atoms. The molecule has 2 aromatic rings. The molecule has 0 spiro atoms. The van der Waals surface area contributed by atoms with E-state index in [-0.39, 0.29) is 5.82 Å². The van der Waals surface area contributed by atoms with E-state index in [0.29, 0.717) is 24.2 Å². The number of halogens is 1. The number of aliphatic hydroxyl groups is 1. The van der Waals surface area contributed by atoms with E-state index in [1.165, 1.54) is 6.07 Å². The third kappa shape index (κ3) is 3.64. The van der Waals surface area contributed by atoms with Crippen LogP contribution in [0, 0.1) is 17.1 Å². The minimum absolute atomic E-state index is 0.257. The molecule has 0 amide bonds. The quantitative estimate of drug-likeness (QED) is 0.877. The Morgan fingerprint density at radius 1 is 1.15 bits per heavy atom. The van der Waals surface area contributed by atoms with Crippen molar-refractivity contribution in [2.75, 3.05) is 6.54 Å². The van der Waals surface area contributed by atoms with Crippen molar-refractivity contribution in [3.63, 3.8) is 0 Å². The number of nitriles is 1. The van der Waals surface area contributed by atoms with E-state index in [1.807, 2.05) is 6.07 Å². The molecule has 2 N–H and O–H groups in total. The predicted molar refractivity (Wildman–Crippen MR) is 74.2 cm³/mol. The molecule has 0 bridgehead atoms. The van der Waals surface area contributed by atoms with Crippen LogP contribution in [0.25, 0.3) is 0 Å². The summed E-state index contributed by atoms with van der Waals surface area (Å²) >= 11 is 0. The van der Waals surface area contributed by atoms with Gasteiger partial charge in [-0.25, -0.2) is 4.39 Å². The molecule has 0 heterocycles. The lowest BCUT2D eigenvalue weighted by molar-refractivity contribution is 0.174. The smallest absolute Gasteiger partial charge is 0.127 e. The molecule has 102 valence electrons. The number of hydrogen-bond acceptors (Lipinski definition) is 3. The lowest BCUT2D eigenvalue weighted by Crippen LogP contribution is -2.21. The van der Waals surface area contributed by atoms with Crippen LogP contribution < -0.4 is 5.32 Å². The van der Waals surface area contributed by atoms with Gasteiger partial charge in [0.05, 0.1) is 17.7 Å². The Morgan fingerprint density at radius 2 is 1.85 bits per heavy atom. The summed E-state index contributed by atoms with van der Waals surface area (Å²) in [5.41, 5.74) is 1.85. The van der Waals surface area contributed by atoms with E-state index in [9.17, 15) is 9.50 Å². The highest BCUT2D eigenvalue weighted by Crippen LogP contribution is 2.13. The zero-order valence-electron chi connectivity index (χ0n) is 10.9. The van der Waals surface area contributed by atoms with Crippen LogP contribution in [0.5, 0.6) is 0 Å². The summed E-state index contributed by atoms with van der Waals surface area (Å²) in [7, 11) is 0. The summed E-state index contributed by atoms with van der Waals surface area (Å²) in [5.74, 6) is -0.257. The number of rotatable bonds is 5. The van der Waals surface area contributed by atoms with E-state index in [0.717, 1.165) is 5.56 Å². The zero-order valence-corrected chi connectivity index (χ0v) is 10.9. The molecule has 0 radical (unpaired) electrons. The maximum absolute atomic E-state index is 13.4. The van der Waals surface area contributed by atoms with Crippen molar-refractivity contribution in [1.29, 1.82) is 5.26 Å². The topological polar surface area (TPSA) is 56.0 Å². The van der Waals surface area contributed by atoms with Gasteiger partial charge in [-0.1, -0.05) is 30.3 Å². The SMILES string of the molecule is N#Cc1ccc(C(O)CNCc2ccccc2F)cc1. The van der Waals surface area contributed by atoms with Crippen LogP contribution >= 0.6 is 0 Å². The zero-order chi connectivity index (χ0) is 14.4. The molecule has 0 aliphatic heterocycles. The summed E-state index contributed by atoms with van der Waals surface area (Å²) in [5, 5.41) is 21.7. The van der Waals surface area contributed by atoms with Crippen molar-refractivity contribution in [2.24, 2.45) is 0 Å². The van der Waals surface area contributed by atoms with Crippen molar-refractivity contribution in [1.82, 2.24) is 5.32 Å². The molecule has 0 saturated carbocycles. The Labute approximate surface area is 117 Å². The minimum Gasteiger partial charge on any atom is -0.387 e. The second-order valence-corrected chi connectivity index (χ2v) is 4.47. The normalized spacial score (nSPS) is 11.8. The third-order valence-corrected chi connectivity index (χ3v) is 3.04. The Kier molecular flexibility index (Phi) is 4.83. The van der Waals surface area contributed by atoms with Crippen molar-refractivity contribution in [3.8, 4) is 6.07 Å². The Balaban J connectivity index is 1.87. The molecule has 2 rings (SSSR count). The maximum atomic E-state index is 13.4. The van der Waals surface area contributed by atoms with Gasteiger partial charge in [0.2, 0.25) is 0 Å². The highest BCUT2D eigenvalue weighted by atomic mass is 19.1. The van der Waals surface area contributed by atoms with Gasteiger partial charge >= 0.3 is 0 Å². The Bertz CT molecular complexity index is 605. The van der Waals surface area contributed by atoms with Gasteiger partial charge in [-0.15, -0.1) is 0 Å². The number of nitrogens with one attached hydrogen (secondary N) is 1. The van der Waals surface area contributed by atoms with E-state index in [2.05, 4.69) is 5.32 Å². The van der Waals surface area contributed by atoms with Crippen LogP contribution in [0.2, 0.25) is 0 Å². The van der Waals surface area contributed by atoms with E-state index >= 15 is 0 Å². The summed E-state index contributed by atoms with van der Waals surface area (Å²) in [4.78, 5) is 0. The molecular formula is C16H15FN2O. The van der Waals surface area contributed by atoms with Crippen molar-refractivity contribution >= 4 is 0 Å². The second-order valence-electron chi connectivity index (χ2n) is 4.47. The van der Waals surface area contributed by atoms with Gasteiger partial charge in [0.1, 0.15) is 5.82 Å². The van der Waals surface area contributed by atoms with Crippen LogP contribution in [-0.4, -0.2) is 11.7 Å². The molecule has 0 aliphatic rings. The molecule has 1 unspecified atom stereocenters. The molecule has 0 fully saturated rings. The van der Waals surface area contributed by atoms with Crippen LogP contribution in [0.4, 0.5) is 4.39 Å². The lowest BCUT2D eigenvalue weighted by Gasteiger charge is -2.12. The number of aliphatic hydroxyl groups excluding tert-OH is 1. The van der Waals surface area contributed by atoms with Crippen molar-refractivity contribution < 1.29 is 9.50 Å². The summed E-state index contributed by atoms with van der Waals surface area (Å²) in [6.07, 6.45) is -0.686. The van der Waals surface area contributed by atoms with E-state index < -0.39 is 6.10 Å². The highest BCUT2D eigenvalue weighted by Gasteiger charge is 2.07. The predicted octanol–water partition coefficient (Wildman–Crippen LogP) is 2.52. The van der Waals surface area contributed by atoms with E-state index in [4.69, 9.17) is 5.26 Å². The molecule has 2 aromatic carbocycles. The van der Waals surface area contributed by atoms with Gasteiger partial charge in [0.25, 0.3) is 0 Å². The first-order chi connectivity index (χ1) is 9.70. The molecule has 0 aromatic heterocycles. The van der Waals surface area contributed by atoms with Gasteiger partial charge in [-0.3, -0.25) is 0 Å². The van der Waals surface area contributed by atoms with Gasteiger partial charge in [-0.05, 0) is 23.8 Å². The van der Waals surface area contributed by atoms with Gasteiger partial charge < -0.3 is 10.4 Å². The van der Waals surface area contributed by atoms with Crippen molar-refractivity contribution in [3.05, 3.63) is 71.0 Å². The molecule has 4 heteroatoms. The average Bonchev–Trinajstić information content (AvgIpc) is 2.49. The standard InChI is InChI=1S/C16H15FN2O/c17-15-4-2-1-3-14(15)10-19-11-16(20)13-7-5-12(9-18)6-8-13/h1-8,16,19-20H,10-11H2. The number of benzene rings is 2. The first-order valence-corrected chi connectivity index (χ1v) is 6.33. The summed E-state index contributed by atoms with van der Waals surface area (Å²) in [6.45, 7) is 0.681. The molecule has 1 atom stereocenters. The average molecular weight is 270 g/mol. The van der Waals surface area contributed by atoms with Gasteiger partial charge in [-0.2, -0.15) is 5.26 Å². The van der Waals surface area contributed by atoms with Crippen LogP contribution in [0.1, 0.15) is 22.8 Å². The molecule has 0 aliphatic carbocycles. The summed E-state index contributed by atoms with van der Waals surface area (Å²) < 4.78 is 13.4. The number of nitrogens with zero attached hydrogens (tertiary/aromatic N) is 1.